The quantitative estimate of drug-likeness (QED) is 0.818. The highest BCUT2D eigenvalue weighted by Crippen LogP contribution is 2.24. The number of anilines is 1. The lowest BCUT2D eigenvalue weighted by Gasteiger charge is -2.16. The maximum absolute atomic E-state index is 12.3. The lowest BCUT2D eigenvalue weighted by atomic mass is 10.0. The summed E-state index contributed by atoms with van der Waals surface area (Å²) in [5.41, 5.74) is 5.63. The average molecular weight is 286 g/mol. The Morgan fingerprint density at radius 3 is 2.74 bits per heavy atom. The van der Waals surface area contributed by atoms with Gasteiger partial charge in [-0.25, -0.2) is 18.1 Å². The van der Waals surface area contributed by atoms with E-state index in [4.69, 9.17) is 5.73 Å². The van der Waals surface area contributed by atoms with Crippen molar-refractivity contribution in [3.8, 4) is 0 Å². The molecule has 0 saturated heterocycles. The van der Waals surface area contributed by atoms with Gasteiger partial charge in [-0.2, -0.15) is 0 Å². The van der Waals surface area contributed by atoms with Crippen LogP contribution in [0, 0.1) is 5.92 Å². The third kappa shape index (κ3) is 3.27. The molecule has 108 valence electrons. The maximum Gasteiger partial charge on any atom is 0.260 e. The Kier molecular flexibility index (Phi) is 4.15. The zero-order valence-corrected chi connectivity index (χ0v) is 12.3. The number of rotatable bonds is 3. The van der Waals surface area contributed by atoms with Gasteiger partial charge in [-0.15, -0.1) is 0 Å². The van der Waals surface area contributed by atoms with Crippen LogP contribution in [0.25, 0.3) is 0 Å². The van der Waals surface area contributed by atoms with Gasteiger partial charge in [0.05, 0.1) is 6.33 Å². The molecule has 1 aliphatic rings. The van der Waals surface area contributed by atoms with Crippen LogP contribution in [0.5, 0.6) is 0 Å². The van der Waals surface area contributed by atoms with E-state index < -0.39 is 10.0 Å². The molecule has 2 rings (SSSR count). The molecule has 19 heavy (non-hydrogen) atoms. The zero-order valence-electron chi connectivity index (χ0n) is 11.5. The molecule has 3 N–H and O–H groups in total. The fourth-order valence-electron chi connectivity index (χ4n) is 2.64. The van der Waals surface area contributed by atoms with Crippen LogP contribution in [0.2, 0.25) is 0 Å². The van der Waals surface area contributed by atoms with Gasteiger partial charge in [0.2, 0.25) is 0 Å². The molecule has 2 atom stereocenters. The monoisotopic (exact) mass is 286 g/mol. The molecular weight excluding hydrogens is 264 g/mol. The molecule has 1 aromatic rings. The number of nitrogen functional groups attached to an aromatic ring is 1. The summed E-state index contributed by atoms with van der Waals surface area (Å²) < 4.78 is 28.9. The maximum atomic E-state index is 12.3. The van der Waals surface area contributed by atoms with E-state index in [-0.39, 0.29) is 16.9 Å². The third-order valence-electron chi connectivity index (χ3n) is 3.74. The topological polar surface area (TPSA) is 90.0 Å². The van der Waals surface area contributed by atoms with Crippen LogP contribution in [0.1, 0.15) is 39.0 Å². The van der Waals surface area contributed by atoms with Crippen molar-refractivity contribution in [2.24, 2.45) is 13.0 Å². The van der Waals surface area contributed by atoms with E-state index in [1.807, 2.05) is 0 Å². The van der Waals surface area contributed by atoms with Crippen molar-refractivity contribution >= 4 is 15.8 Å². The van der Waals surface area contributed by atoms with Crippen LogP contribution in [0.15, 0.2) is 11.4 Å². The van der Waals surface area contributed by atoms with Gasteiger partial charge in [0.25, 0.3) is 10.0 Å². The molecule has 1 heterocycles. The Bertz CT molecular complexity index is 518. The SMILES string of the molecule is CC1CCCC(NS(=O)(=O)c2c(N)ncn2C)CC1. The first kappa shape index (κ1) is 14.3. The molecule has 0 aromatic carbocycles. The lowest BCUT2D eigenvalue weighted by molar-refractivity contribution is 0.483. The van der Waals surface area contributed by atoms with Crippen LogP contribution in [0.3, 0.4) is 0 Å². The zero-order chi connectivity index (χ0) is 14.0. The van der Waals surface area contributed by atoms with Gasteiger partial charge in [0.1, 0.15) is 0 Å². The first-order valence-electron chi connectivity index (χ1n) is 6.69. The second-order valence-electron chi connectivity index (χ2n) is 5.48. The van der Waals surface area contributed by atoms with Gasteiger partial charge in [-0.3, -0.25) is 0 Å². The fraction of sp³-hybridized carbons (Fsp3) is 0.750. The van der Waals surface area contributed by atoms with E-state index in [1.54, 1.807) is 7.05 Å². The fourth-order valence-corrected chi connectivity index (χ4v) is 4.19. The van der Waals surface area contributed by atoms with E-state index in [2.05, 4.69) is 16.6 Å². The molecule has 6 nitrogen and oxygen atoms in total. The molecule has 2 unspecified atom stereocenters. The first-order chi connectivity index (χ1) is 8.90. The average Bonchev–Trinajstić information content (AvgIpc) is 2.53. The second kappa shape index (κ2) is 5.50. The number of aromatic nitrogens is 2. The number of imidazole rings is 1. The molecule has 0 amide bonds. The predicted octanol–water partition coefficient (Wildman–Crippen LogP) is 1.25. The standard InChI is InChI=1S/C12H22N4O2S/c1-9-4-3-5-10(7-6-9)15-19(17,18)12-11(13)14-8-16(12)2/h8-10,15H,3-7,13H2,1-2H3. The lowest BCUT2D eigenvalue weighted by Crippen LogP contribution is -2.35. The summed E-state index contributed by atoms with van der Waals surface area (Å²) in [5, 5.41) is 0.0600. The molecule has 0 bridgehead atoms. The van der Waals surface area contributed by atoms with Crippen LogP contribution >= 0.6 is 0 Å². The first-order valence-corrected chi connectivity index (χ1v) is 8.17. The highest BCUT2D eigenvalue weighted by atomic mass is 32.2. The van der Waals surface area contributed by atoms with E-state index >= 15 is 0 Å². The molecule has 0 radical (unpaired) electrons. The van der Waals surface area contributed by atoms with Crippen molar-refractivity contribution in [3.05, 3.63) is 6.33 Å². The minimum Gasteiger partial charge on any atom is -0.381 e. The molecule has 7 heteroatoms. The van der Waals surface area contributed by atoms with Crippen molar-refractivity contribution < 1.29 is 8.42 Å². The van der Waals surface area contributed by atoms with Crippen LogP contribution < -0.4 is 10.5 Å². The minimum absolute atomic E-state index is 0.00394. The Balaban J connectivity index is 2.13. The summed E-state index contributed by atoms with van der Waals surface area (Å²) in [6.45, 7) is 2.22. The summed E-state index contributed by atoms with van der Waals surface area (Å²) in [7, 11) is -1.95. The van der Waals surface area contributed by atoms with Gasteiger partial charge in [-0.1, -0.05) is 19.8 Å². The van der Waals surface area contributed by atoms with Crippen molar-refractivity contribution in [1.82, 2.24) is 14.3 Å². The molecule has 0 spiro atoms. The number of nitrogens with one attached hydrogen (secondary N) is 1. The van der Waals surface area contributed by atoms with Crippen LogP contribution in [0.4, 0.5) is 5.82 Å². The van der Waals surface area contributed by atoms with E-state index in [9.17, 15) is 8.42 Å². The predicted molar refractivity (Wildman–Crippen MR) is 74.0 cm³/mol. The van der Waals surface area contributed by atoms with Crippen molar-refractivity contribution in [2.75, 3.05) is 5.73 Å². The highest BCUT2D eigenvalue weighted by Gasteiger charge is 2.27. The van der Waals surface area contributed by atoms with Gasteiger partial charge in [-0.05, 0) is 25.2 Å². The van der Waals surface area contributed by atoms with Gasteiger partial charge in [0.15, 0.2) is 10.8 Å². The van der Waals surface area contributed by atoms with Crippen LogP contribution in [-0.4, -0.2) is 24.0 Å². The van der Waals surface area contributed by atoms with Crippen molar-refractivity contribution in [2.45, 2.75) is 50.1 Å². The summed E-state index contributed by atoms with van der Waals surface area (Å²) in [6.07, 6.45) is 6.49. The summed E-state index contributed by atoms with van der Waals surface area (Å²) >= 11 is 0. The number of nitrogens with zero attached hydrogens (tertiary/aromatic N) is 2. The van der Waals surface area contributed by atoms with Crippen molar-refractivity contribution in [3.63, 3.8) is 0 Å². The number of hydrogen-bond donors (Lipinski definition) is 2. The normalized spacial score (nSPS) is 25.2. The summed E-state index contributed by atoms with van der Waals surface area (Å²) in [5.74, 6) is 0.730. The molecule has 1 saturated carbocycles. The Morgan fingerprint density at radius 1 is 1.37 bits per heavy atom. The second-order valence-corrected chi connectivity index (χ2v) is 7.11. The minimum atomic E-state index is -3.59. The number of hydrogen-bond acceptors (Lipinski definition) is 4. The molecule has 1 aromatic heterocycles. The van der Waals surface area contributed by atoms with E-state index in [1.165, 1.54) is 17.3 Å². The largest absolute Gasteiger partial charge is 0.381 e. The van der Waals surface area contributed by atoms with Crippen LogP contribution in [-0.2, 0) is 17.1 Å². The van der Waals surface area contributed by atoms with E-state index in [0.717, 1.165) is 25.7 Å². The Hall–Kier alpha value is -1.08. The third-order valence-corrected chi connectivity index (χ3v) is 5.39. The molecule has 0 aliphatic heterocycles. The number of nitrogens with two attached hydrogens (primary N) is 1. The number of sulfonamides is 1. The number of aryl methyl sites for hydroxylation is 1. The Morgan fingerprint density at radius 2 is 2.11 bits per heavy atom. The summed E-state index contributed by atoms with van der Waals surface area (Å²) in [6, 6.07) is 0.00394. The smallest absolute Gasteiger partial charge is 0.260 e. The van der Waals surface area contributed by atoms with Gasteiger partial charge >= 0.3 is 0 Å². The van der Waals surface area contributed by atoms with Gasteiger partial charge < -0.3 is 10.3 Å². The Labute approximate surface area is 114 Å². The van der Waals surface area contributed by atoms with Crippen molar-refractivity contribution in [1.29, 1.82) is 0 Å². The summed E-state index contributed by atoms with van der Waals surface area (Å²) in [4.78, 5) is 3.83. The van der Waals surface area contributed by atoms with E-state index in [0.29, 0.717) is 5.92 Å². The molecule has 1 aliphatic carbocycles. The molecular formula is C12H22N4O2S. The molecule has 1 fully saturated rings. The highest BCUT2D eigenvalue weighted by molar-refractivity contribution is 7.89. The van der Waals surface area contributed by atoms with Gasteiger partial charge in [0, 0.05) is 13.1 Å².